The van der Waals surface area contributed by atoms with Crippen LogP contribution < -0.4 is 10.2 Å². The largest absolute Gasteiger partial charge is 0.369 e. The molecule has 2 atom stereocenters. The molecule has 1 saturated heterocycles. The van der Waals surface area contributed by atoms with Crippen LogP contribution in [0.1, 0.15) is 26.7 Å². The van der Waals surface area contributed by atoms with Gasteiger partial charge in [-0.15, -0.1) is 0 Å². The molecular weight excluding hydrogens is 258 g/mol. The molecule has 21 heavy (non-hydrogen) atoms. The Morgan fingerprint density at radius 2 is 1.71 bits per heavy atom. The van der Waals surface area contributed by atoms with Crippen LogP contribution in [0.5, 0.6) is 0 Å². The molecule has 2 aliphatic rings. The van der Waals surface area contributed by atoms with E-state index in [-0.39, 0.29) is 0 Å². The van der Waals surface area contributed by atoms with Gasteiger partial charge in [-0.3, -0.25) is 4.90 Å². The first-order valence-corrected chi connectivity index (χ1v) is 8.51. The lowest BCUT2D eigenvalue weighted by atomic mass is 10.0. The number of piperazine rings is 1. The van der Waals surface area contributed by atoms with Gasteiger partial charge >= 0.3 is 0 Å². The normalized spacial score (nSPS) is 23.0. The standard InChI is InChI=1S/C18H29N3/c1-15(14-19-17-8-9-17)16(2)20-10-12-21(13-11-20)18-6-4-3-5-7-18/h3-7,15-17,19H,8-14H2,1-2H3. The minimum Gasteiger partial charge on any atom is -0.369 e. The van der Waals surface area contributed by atoms with E-state index in [2.05, 4.69) is 59.3 Å². The van der Waals surface area contributed by atoms with E-state index in [1.165, 1.54) is 38.2 Å². The molecule has 0 aromatic heterocycles. The van der Waals surface area contributed by atoms with E-state index in [0.29, 0.717) is 6.04 Å². The summed E-state index contributed by atoms with van der Waals surface area (Å²) in [5, 5.41) is 3.67. The van der Waals surface area contributed by atoms with Crippen molar-refractivity contribution in [3.05, 3.63) is 30.3 Å². The molecule has 1 saturated carbocycles. The number of benzene rings is 1. The van der Waals surface area contributed by atoms with Crippen LogP contribution in [0.4, 0.5) is 5.69 Å². The van der Waals surface area contributed by atoms with Crippen LogP contribution in [0.25, 0.3) is 0 Å². The van der Waals surface area contributed by atoms with E-state index in [9.17, 15) is 0 Å². The number of rotatable bonds is 6. The summed E-state index contributed by atoms with van der Waals surface area (Å²) in [5.74, 6) is 0.730. The maximum atomic E-state index is 3.67. The van der Waals surface area contributed by atoms with E-state index >= 15 is 0 Å². The van der Waals surface area contributed by atoms with E-state index in [1.807, 2.05) is 0 Å². The predicted octanol–water partition coefficient (Wildman–Crippen LogP) is 2.59. The highest BCUT2D eigenvalue weighted by molar-refractivity contribution is 5.46. The second kappa shape index (κ2) is 6.80. The van der Waals surface area contributed by atoms with Crippen molar-refractivity contribution in [2.24, 2.45) is 5.92 Å². The lowest BCUT2D eigenvalue weighted by Gasteiger charge is -2.41. The molecule has 3 heteroatoms. The van der Waals surface area contributed by atoms with Crippen LogP contribution in [-0.4, -0.2) is 49.7 Å². The van der Waals surface area contributed by atoms with Gasteiger partial charge in [-0.1, -0.05) is 25.1 Å². The monoisotopic (exact) mass is 287 g/mol. The molecule has 3 nitrogen and oxygen atoms in total. The van der Waals surface area contributed by atoms with Gasteiger partial charge in [0.15, 0.2) is 0 Å². The van der Waals surface area contributed by atoms with Crippen LogP contribution in [0.3, 0.4) is 0 Å². The Bertz CT molecular complexity index is 421. The summed E-state index contributed by atoms with van der Waals surface area (Å²) in [6.45, 7) is 10.6. The highest BCUT2D eigenvalue weighted by Crippen LogP contribution is 2.21. The van der Waals surface area contributed by atoms with Gasteiger partial charge in [0.1, 0.15) is 0 Å². The zero-order valence-corrected chi connectivity index (χ0v) is 13.5. The van der Waals surface area contributed by atoms with Gasteiger partial charge in [0.25, 0.3) is 0 Å². The lowest BCUT2D eigenvalue weighted by molar-refractivity contribution is 0.151. The lowest BCUT2D eigenvalue weighted by Crippen LogP contribution is -2.52. The number of para-hydroxylation sites is 1. The number of hydrogen-bond donors (Lipinski definition) is 1. The summed E-state index contributed by atoms with van der Waals surface area (Å²) in [7, 11) is 0. The molecule has 1 aromatic rings. The maximum absolute atomic E-state index is 3.67. The highest BCUT2D eigenvalue weighted by atomic mass is 15.3. The van der Waals surface area contributed by atoms with Gasteiger partial charge in [-0.25, -0.2) is 0 Å². The third kappa shape index (κ3) is 3.98. The van der Waals surface area contributed by atoms with Crippen LogP contribution in [0.15, 0.2) is 30.3 Å². The van der Waals surface area contributed by atoms with Gasteiger partial charge in [0.2, 0.25) is 0 Å². The third-order valence-corrected chi connectivity index (χ3v) is 5.14. The zero-order chi connectivity index (χ0) is 14.7. The van der Waals surface area contributed by atoms with Gasteiger partial charge in [0.05, 0.1) is 0 Å². The molecule has 1 aliphatic carbocycles. The molecule has 0 amide bonds. The van der Waals surface area contributed by atoms with Crippen LogP contribution in [-0.2, 0) is 0 Å². The van der Waals surface area contributed by atoms with Crippen molar-refractivity contribution < 1.29 is 0 Å². The average molecular weight is 287 g/mol. The van der Waals surface area contributed by atoms with Crippen molar-refractivity contribution in [3.63, 3.8) is 0 Å². The number of hydrogen-bond acceptors (Lipinski definition) is 3. The first-order valence-electron chi connectivity index (χ1n) is 8.51. The summed E-state index contributed by atoms with van der Waals surface area (Å²) in [4.78, 5) is 5.18. The molecule has 2 unspecified atom stereocenters. The minimum absolute atomic E-state index is 0.675. The SMILES string of the molecule is CC(CNC1CC1)C(C)N1CCN(c2ccccc2)CC1. The maximum Gasteiger partial charge on any atom is 0.0367 e. The third-order valence-electron chi connectivity index (χ3n) is 5.14. The van der Waals surface area contributed by atoms with Crippen molar-refractivity contribution in [1.82, 2.24) is 10.2 Å². The van der Waals surface area contributed by atoms with Crippen LogP contribution in [0.2, 0.25) is 0 Å². The van der Waals surface area contributed by atoms with Crippen molar-refractivity contribution in [2.75, 3.05) is 37.6 Å². The van der Waals surface area contributed by atoms with Gasteiger partial charge in [-0.2, -0.15) is 0 Å². The van der Waals surface area contributed by atoms with E-state index in [4.69, 9.17) is 0 Å². The first kappa shape index (κ1) is 14.9. The van der Waals surface area contributed by atoms with Gasteiger partial charge < -0.3 is 10.2 Å². The van der Waals surface area contributed by atoms with Gasteiger partial charge in [0, 0.05) is 44.0 Å². The number of nitrogens with zero attached hydrogens (tertiary/aromatic N) is 2. The molecular formula is C18H29N3. The molecule has 1 aromatic carbocycles. The molecule has 3 rings (SSSR count). The molecule has 0 spiro atoms. The molecule has 1 heterocycles. The molecule has 1 aliphatic heterocycles. The van der Waals surface area contributed by atoms with Crippen molar-refractivity contribution in [1.29, 1.82) is 0 Å². The van der Waals surface area contributed by atoms with Crippen molar-refractivity contribution >= 4 is 5.69 Å². The smallest absolute Gasteiger partial charge is 0.0367 e. The molecule has 2 fully saturated rings. The van der Waals surface area contributed by atoms with Crippen LogP contribution >= 0.6 is 0 Å². The fourth-order valence-electron chi connectivity index (χ4n) is 3.20. The quantitative estimate of drug-likeness (QED) is 0.867. The van der Waals surface area contributed by atoms with Gasteiger partial charge in [-0.05, 0) is 44.4 Å². The van der Waals surface area contributed by atoms with E-state index < -0.39 is 0 Å². The summed E-state index contributed by atoms with van der Waals surface area (Å²) < 4.78 is 0. The Morgan fingerprint density at radius 1 is 1.05 bits per heavy atom. The number of nitrogens with one attached hydrogen (secondary N) is 1. The first-order chi connectivity index (χ1) is 10.2. The Labute approximate surface area is 129 Å². The summed E-state index contributed by atoms with van der Waals surface area (Å²) in [5.41, 5.74) is 1.37. The fraction of sp³-hybridized carbons (Fsp3) is 0.667. The summed E-state index contributed by atoms with van der Waals surface area (Å²) in [6.07, 6.45) is 2.77. The zero-order valence-electron chi connectivity index (χ0n) is 13.5. The molecule has 1 N–H and O–H groups in total. The molecule has 0 radical (unpaired) electrons. The second-order valence-electron chi connectivity index (χ2n) is 6.76. The Hall–Kier alpha value is -1.06. The Morgan fingerprint density at radius 3 is 2.33 bits per heavy atom. The average Bonchev–Trinajstić information content (AvgIpc) is 3.37. The topological polar surface area (TPSA) is 18.5 Å². The summed E-state index contributed by atoms with van der Waals surface area (Å²) >= 11 is 0. The predicted molar refractivity (Wildman–Crippen MR) is 89.9 cm³/mol. The van der Waals surface area contributed by atoms with Crippen LogP contribution in [0, 0.1) is 5.92 Å². The Kier molecular flexibility index (Phi) is 4.81. The second-order valence-corrected chi connectivity index (χ2v) is 6.76. The highest BCUT2D eigenvalue weighted by Gasteiger charge is 2.26. The van der Waals surface area contributed by atoms with Crippen molar-refractivity contribution in [3.8, 4) is 0 Å². The van der Waals surface area contributed by atoms with E-state index in [0.717, 1.165) is 25.0 Å². The van der Waals surface area contributed by atoms with Crippen molar-refractivity contribution in [2.45, 2.75) is 38.8 Å². The molecule has 116 valence electrons. The fourth-order valence-corrected chi connectivity index (χ4v) is 3.20. The summed E-state index contributed by atoms with van der Waals surface area (Å²) in [6, 6.07) is 12.3. The van der Waals surface area contributed by atoms with E-state index in [1.54, 1.807) is 0 Å². The Balaban J connectivity index is 1.45. The minimum atomic E-state index is 0.675. The molecule has 0 bridgehead atoms. The number of anilines is 1.